The maximum absolute atomic E-state index is 5.89. The van der Waals surface area contributed by atoms with Gasteiger partial charge in [0, 0.05) is 17.7 Å². The van der Waals surface area contributed by atoms with Crippen molar-refractivity contribution in [2.24, 2.45) is 0 Å². The molecule has 4 nitrogen and oxygen atoms in total. The number of imidazole rings is 1. The molecule has 0 amide bonds. The van der Waals surface area contributed by atoms with Gasteiger partial charge in [-0.3, -0.25) is 4.40 Å². The topological polar surface area (TPSA) is 39.4 Å². The standard InChI is InChI=1S/C20H19N3OS/c1-2-9-16-15(8-1)19-21-17-10-3-4-11-18(17)23(19)20(22-16)25-13-14-7-5-6-12-24-14/h1-4,8-11,14H,5-7,12-13H2/t14-/m0/s1. The molecule has 0 unspecified atom stereocenters. The molecule has 0 spiro atoms. The van der Waals surface area contributed by atoms with E-state index in [0.29, 0.717) is 6.10 Å². The summed E-state index contributed by atoms with van der Waals surface area (Å²) in [5, 5.41) is 2.09. The van der Waals surface area contributed by atoms with Crippen LogP contribution in [0.5, 0.6) is 0 Å². The summed E-state index contributed by atoms with van der Waals surface area (Å²) in [7, 11) is 0. The Morgan fingerprint density at radius 3 is 2.72 bits per heavy atom. The molecule has 2 aromatic carbocycles. The molecule has 5 heteroatoms. The quantitative estimate of drug-likeness (QED) is 0.397. The van der Waals surface area contributed by atoms with Crippen LogP contribution in [0.4, 0.5) is 0 Å². The lowest BCUT2D eigenvalue weighted by molar-refractivity contribution is 0.0315. The van der Waals surface area contributed by atoms with Crippen molar-refractivity contribution in [3.63, 3.8) is 0 Å². The molecule has 0 bridgehead atoms. The molecule has 1 atom stereocenters. The second kappa shape index (κ2) is 6.32. The normalized spacial score (nSPS) is 18.3. The zero-order valence-electron chi connectivity index (χ0n) is 13.9. The first-order chi connectivity index (χ1) is 12.4. The van der Waals surface area contributed by atoms with Gasteiger partial charge in [-0.2, -0.15) is 0 Å². The molecule has 1 aliphatic rings. The highest BCUT2D eigenvalue weighted by molar-refractivity contribution is 7.99. The van der Waals surface area contributed by atoms with Gasteiger partial charge in [0.2, 0.25) is 0 Å². The van der Waals surface area contributed by atoms with Gasteiger partial charge in [-0.1, -0.05) is 36.0 Å². The molecule has 0 saturated carbocycles. The minimum absolute atomic E-state index is 0.330. The largest absolute Gasteiger partial charge is 0.377 e. The Bertz CT molecular complexity index is 1050. The zero-order valence-corrected chi connectivity index (χ0v) is 14.7. The van der Waals surface area contributed by atoms with Gasteiger partial charge >= 0.3 is 0 Å². The van der Waals surface area contributed by atoms with Gasteiger partial charge in [0.1, 0.15) is 5.65 Å². The number of para-hydroxylation sites is 3. The van der Waals surface area contributed by atoms with Crippen LogP contribution in [0.15, 0.2) is 53.7 Å². The average molecular weight is 349 g/mol. The molecule has 1 aliphatic heterocycles. The lowest BCUT2D eigenvalue weighted by Crippen LogP contribution is -2.21. The fraction of sp³-hybridized carbons (Fsp3) is 0.300. The number of thioether (sulfide) groups is 1. The Balaban J connectivity index is 1.66. The number of rotatable bonds is 3. The Kier molecular flexibility index (Phi) is 3.83. The molecule has 1 fully saturated rings. The summed E-state index contributed by atoms with van der Waals surface area (Å²) in [6.07, 6.45) is 3.93. The Morgan fingerprint density at radius 1 is 1.00 bits per heavy atom. The van der Waals surface area contributed by atoms with Crippen molar-refractivity contribution < 1.29 is 4.74 Å². The molecule has 0 aliphatic carbocycles. The molecule has 0 radical (unpaired) electrons. The summed E-state index contributed by atoms with van der Waals surface area (Å²) in [5.41, 5.74) is 4.11. The first kappa shape index (κ1) is 15.2. The van der Waals surface area contributed by atoms with Gasteiger partial charge in [0.15, 0.2) is 5.16 Å². The molecule has 2 aromatic heterocycles. The van der Waals surface area contributed by atoms with Crippen molar-refractivity contribution in [2.75, 3.05) is 12.4 Å². The van der Waals surface area contributed by atoms with Crippen LogP contribution in [0.1, 0.15) is 19.3 Å². The number of ether oxygens (including phenoxy) is 1. The third kappa shape index (κ3) is 2.68. The lowest BCUT2D eigenvalue weighted by Gasteiger charge is -2.22. The second-order valence-electron chi connectivity index (χ2n) is 6.47. The summed E-state index contributed by atoms with van der Waals surface area (Å²) in [5.74, 6) is 0.937. The summed E-state index contributed by atoms with van der Waals surface area (Å²) in [4.78, 5) is 9.82. The highest BCUT2D eigenvalue weighted by Gasteiger charge is 2.18. The number of aromatic nitrogens is 3. The second-order valence-corrected chi connectivity index (χ2v) is 7.46. The van der Waals surface area contributed by atoms with E-state index >= 15 is 0 Å². The number of hydrogen-bond donors (Lipinski definition) is 0. The minimum Gasteiger partial charge on any atom is -0.377 e. The van der Waals surface area contributed by atoms with E-state index in [1.165, 1.54) is 12.8 Å². The molecular formula is C20H19N3OS. The first-order valence-corrected chi connectivity index (χ1v) is 9.79. The van der Waals surface area contributed by atoms with Crippen LogP contribution in [0.3, 0.4) is 0 Å². The lowest BCUT2D eigenvalue weighted by atomic mass is 10.1. The third-order valence-electron chi connectivity index (χ3n) is 4.79. The minimum atomic E-state index is 0.330. The van der Waals surface area contributed by atoms with Crippen LogP contribution in [0.25, 0.3) is 27.6 Å². The first-order valence-electron chi connectivity index (χ1n) is 8.80. The SMILES string of the molecule is c1ccc2c(c1)nc(SC[C@@H]1CCCCO1)n1c3ccccc3nc21. The number of fused-ring (bicyclic) bond motifs is 5. The van der Waals surface area contributed by atoms with Crippen molar-refractivity contribution in [1.29, 1.82) is 0 Å². The van der Waals surface area contributed by atoms with Gasteiger partial charge in [-0.05, 0) is 43.5 Å². The predicted molar refractivity (Wildman–Crippen MR) is 102 cm³/mol. The number of benzene rings is 2. The van der Waals surface area contributed by atoms with E-state index in [2.05, 4.69) is 34.7 Å². The van der Waals surface area contributed by atoms with E-state index < -0.39 is 0 Å². The summed E-state index contributed by atoms with van der Waals surface area (Å²) in [6, 6.07) is 16.5. The Morgan fingerprint density at radius 2 is 1.84 bits per heavy atom. The number of hydrogen-bond acceptors (Lipinski definition) is 4. The van der Waals surface area contributed by atoms with Gasteiger partial charge in [-0.15, -0.1) is 0 Å². The van der Waals surface area contributed by atoms with Gasteiger partial charge in [0.05, 0.1) is 22.7 Å². The zero-order chi connectivity index (χ0) is 16.6. The fourth-order valence-corrected chi connectivity index (χ4v) is 4.59. The van der Waals surface area contributed by atoms with E-state index in [1.807, 2.05) is 18.2 Å². The molecule has 4 aromatic rings. The Hall–Kier alpha value is -2.11. The summed E-state index contributed by atoms with van der Waals surface area (Å²) < 4.78 is 8.09. The molecular weight excluding hydrogens is 330 g/mol. The van der Waals surface area contributed by atoms with Crippen LogP contribution in [0.2, 0.25) is 0 Å². The maximum atomic E-state index is 5.89. The summed E-state index contributed by atoms with van der Waals surface area (Å²) in [6.45, 7) is 0.889. The van der Waals surface area contributed by atoms with Crippen LogP contribution >= 0.6 is 11.8 Å². The molecule has 25 heavy (non-hydrogen) atoms. The van der Waals surface area contributed by atoms with Crippen molar-refractivity contribution in [1.82, 2.24) is 14.4 Å². The van der Waals surface area contributed by atoms with Crippen LogP contribution in [-0.4, -0.2) is 32.8 Å². The van der Waals surface area contributed by atoms with Crippen molar-refractivity contribution in [3.8, 4) is 0 Å². The van der Waals surface area contributed by atoms with Crippen molar-refractivity contribution in [2.45, 2.75) is 30.5 Å². The van der Waals surface area contributed by atoms with E-state index in [-0.39, 0.29) is 0 Å². The monoisotopic (exact) mass is 349 g/mol. The van der Waals surface area contributed by atoms with Gasteiger partial charge in [0.25, 0.3) is 0 Å². The highest BCUT2D eigenvalue weighted by atomic mass is 32.2. The van der Waals surface area contributed by atoms with Gasteiger partial charge < -0.3 is 4.74 Å². The molecule has 3 heterocycles. The molecule has 0 N–H and O–H groups in total. The predicted octanol–water partition coefficient (Wildman–Crippen LogP) is 4.70. The maximum Gasteiger partial charge on any atom is 0.174 e. The van der Waals surface area contributed by atoms with E-state index in [0.717, 1.165) is 51.5 Å². The van der Waals surface area contributed by atoms with E-state index in [4.69, 9.17) is 14.7 Å². The van der Waals surface area contributed by atoms with Crippen LogP contribution in [0, 0.1) is 0 Å². The molecule has 1 saturated heterocycles. The number of nitrogens with zero attached hydrogens (tertiary/aromatic N) is 3. The fourth-order valence-electron chi connectivity index (χ4n) is 3.52. The summed E-state index contributed by atoms with van der Waals surface area (Å²) >= 11 is 1.78. The van der Waals surface area contributed by atoms with E-state index in [9.17, 15) is 0 Å². The van der Waals surface area contributed by atoms with Gasteiger partial charge in [-0.25, -0.2) is 9.97 Å². The van der Waals surface area contributed by atoms with Crippen molar-refractivity contribution >= 4 is 39.3 Å². The van der Waals surface area contributed by atoms with Crippen LogP contribution in [-0.2, 0) is 4.74 Å². The average Bonchev–Trinajstić information content (AvgIpc) is 3.07. The highest BCUT2D eigenvalue weighted by Crippen LogP contribution is 2.30. The third-order valence-corrected chi connectivity index (χ3v) is 5.86. The molecule has 5 rings (SSSR count). The van der Waals surface area contributed by atoms with Crippen molar-refractivity contribution in [3.05, 3.63) is 48.5 Å². The van der Waals surface area contributed by atoms with Crippen LogP contribution < -0.4 is 0 Å². The smallest absolute Gasteiger partial charge is 0.174 e. The van der Waals surface area contributed by atoms with E-state index in [1.54, 1.807) is 11.8 Å². The molecule has 126 valence electrons. The Labute approximate surface area is 150 Å².